The second-order valence-electron chi connectivity index (χ2n) is 4.72. The second kappa shape index (κ2) is 5.73. The highest BCUT2D eigenvalue weighted by molar-refractivity contribution is 7.99. The van der Waals surface area contributed by atoms with Crippen molar-refractivity contribution in [2.24, 2.45) is 0 Å². The minimum atomic E-state index is -0.0599. The van der Waals surface area contributed by atoms with E-state index in [1.165, 1.54) is 0 Å². The van der Waals surface area contributed by atoms with Gasteiger partial charge in [0.1, 0.15) is 0 Å². The van der Waals surface area contributed by atoms with Crippen molar-refractivity contribution in [2.45, 2.75) is 50.4 Å². The Kier molecular flexibility index (Phi) is 4.28. The van der Waals surface area contributed by atoms with E-state index in [0.717, 1.165) is 36.7 Å². The average molecular weight is 256 g/mol. The van der Waals surface area contributed by atoms with Gasteiger partial charge in [0.25, 0.3) is 0 Å². The third kappa shape index (κ3) is 3.61. The van der Waals surface area contributed by atoms with E-state index >= 15 is 0 Å². The molecule has 1 aromatic heterocycles. The van der Waals surface area contributed by atoms with Gasteiger partial charge in [0.2, 0.25) is 0 Å². The summed E-state index contributed by atoms with van der Waals surface area (Å²) in [6.45, 7) is 5.31. The highest BCUT2D eigenvalue weighted by Gasteiger charge is 2.28. The van der Waals surface area contributed by atoms with Crippen LogP contribution in [0.4, 0.5) is 0 Å². The van der Waals surface area contributed by atoms with Crippen molar-refractivity contribution in [3.8, 4) is 0 Å². The molecule has 5 nitrogen and oxygen atoms in total. The van der Waals surface area contributed by atoms with Crippen LogP contribution in [0.5, 0.6) is 0 Å². The third-order valence-electron chi connectivity index (χ3n) is 2.69. The Balaban J connectivity index is 1.77. The monoisotopic (exact) mass is 256 g/mol. The second-order valence-corrected chi connectivity index (χ2v) is 5.79. The molecule has 0 aliphatic heterocycles. The largest absolute Gasteiger partial charge is 0.344 e. The van der Waals surface area contributed by atoms with Crippen LogP contribution in [0.1, 0.15) is 39.2 Å². The summed E-state index contributed by atoms with van der Waals surface area (Å²) in [6, 6.07) is 0.938. The molecule has 0 amide bonds. The van der Waals surface area contributed by atoms with Crippen LogP contribution in [-0.4, -0.2) is 33.1 Å². The Bertz CT molecular complexity index is 408. The molecule has 0 atom stereocenters. The highest BCUT2D eigenvalue weighted by atomic mass is 32.2. The molecule has 96 valence electrons. The number of hydrogen-bond acceptors (Lipinski definition) is 4. The third-order valence-corrected chi connectivity index (χ3v) is 3.73. The van der Waals surface area contributed by atoms with Crippen molar-refractivity contribution < 1.29 is 0 Å². The Morgan fingerprint density at radius 3 is 3.00 bits per heavy atom. The Hall–Kier alpha value is -0.750. The molecule has 0 spiro atoms. The van der Waals surface area contributed by atoms with Gasteiger partial charge >= 0.3 is 5.69 Å². The molecule has 1 aromatic rings. The van der Waals surface area contributed by atoms with Crippen LogP contribution in [-0.2, 0) is 0 Å². The minimum Gasteiger partial charge on any atom is -0.315 e. The van der Waals surface area contributed by atoms with Gasteiger partial charge in [0.05, 0.1) is 0 Å². The lowest BCUT2D eigenvalue weighted by molar-refractivity contribution is 0.585. The van der Waals surface area contributed by atoms with Crippen molar-refractivity contribution in [3.63, 3.8) is 0 Å². The standard InChI is InChI=1S/C11H20N4OS/c1-8(2)12-6-3-7-17-11-14-13-10(16)15(11)9-4-5-9/h8-9,12H,3-7H2,1-2H3,(H,13,16). The minimum absolute atomic E-state index is 0.0599. The molecule has 0 radical (unpaired) electrons. The van der Waals surface area contributed by atoms with E-state index in [1.54, 1.807) is 16.3 Å². The number of aromatic nitrogens is 3. The van der Waals surface area contributed by atoms with Gasteiger partial charge in [-0.1, -0.05) is 25.6 Å². The van der Waals surface area contributed by atoms with Crippen molar-refractivity contribution in [1.82, 2.24) is 20.1 Å². The normalized spacial score (nSPS) is 15.7. The van der Waals surface area contributed by atoms with Gasteiger partial charge in [-0.15, -0.1) is 5.10 Å². The van der Waals surface area contributed by atoms with Crippen molar-refractivity contribution >= 4 is 11.8 Å². The Labute approximate surface area is 105 Å². The van der Waals surface area contributed by atoms with Crippen LogP contribution in [0.25, 0.3) is 0 Å². The maximum atomic E-state index is 11.5. The highest BCUT2D eigenvalue weighted by Crippen LogP contribution is 2.35. The fourth-order valence-electron chi connectivity index (χ4n) is 1.67. The maximum absolute atomic E-state index is 11.5. The molecule has 1 aliphatic carbocycles. The SMILES string of the molecule is CC(C)NCCCSc1n[nH]c(=O)n1C1CC1. The molecule has 1 aliphatic rings. The van der Waals surface area contributed by atoms with Crippen LogP contribution in [0.15, 0.2) is 9.95 Å². The van der Waals surface area contributed by atoms with E-state index in [-0.39, 0.29) is 5.69 Å². The van der Waals surface area contributed by atoms with E-state index in [1.807, 2.05) is 0 Å². The summed E-state index contributed by atoms with van der Waals surface area (Å²) in [5, 5.41) is 10.8. The molecule has 17 heavy (non-hydrogen) atoms. The van der Waals surface area contributed by atoms with E-state index in [2.05, 4.69) is 29.4 Å². The molecule has 1 heterocycles. The summed E-state index contributed by atoms with van der Waals surface area (Å²) in [5.41, 5.74) is -0.0599. The van der Waals surface area contributed by atoms with Gasteiger partial charge in [-0.05, 0) is 25.8 Å². The molecule has 1 saturated carbocycles. The van der Waals surface area contributed by atoms with Crippen molar-refractivity contribution in [1.29, 1.82) is 0 Å². The Morgan fingerprint density at radius 1 is 1.59 bits per heavy atom. The van der Waals surface area contributed by atoms with Gasteiger partial charge in [-0.2, -0.15) is 0 Å². The number of aromatic amines is 1. The van der Waals surface area contributed by atoms with Crippen LogP contribution in [0, 0.1) is 0 Å². The van der Waals surface area contributed by atoms with Crippen molar-refractivity contribution in [2.75, 3.05) is 12.3 Å². The number of hydrogen-bond donors (Lipinski definition) is 2. The van der Waals surface area contributed by atoms with Gasteiger partial charge in [0.15, 0.2) is 5.16 Å². The number of thioether (sulfide) groups is 1. The molecule has 0 unspecified atom stereocenters. The molecule has 2 rings (SSSR count). The lowest BCUT2D eigenvalue weighted by atomic mass is 10.4. The zero-order valence-corrected chi connectivity index (χ0v) is 11.2. The summed E-state index contributed by atoms with van der Waals surface area (Å²) in [7, 11) is 0. The number of H-pyrrole nitrogens is 1. The quantitative estimate of drug-likeness (QED) is 0.571. The molecular formula is C11H20N4OS. The maximum Gasteiger partial charge on any atom is 0.344 e. The first kappa shape index (κ1) is 12.7. The lowest BCUT2D eigenvalue weighted by Crippen LogP contribution is -2.24. The van der Waals surface area contributed by atoms with Crippen LogP contribution < -0.4 is 11.0 Å². The van der Waals surface area contributed by atoms with Gasteiger partial charge < -0.3 is 5.32 Å². The van der Waals surface area contributed by atoms with E-state index < -0.39 is 0 Å². The van der Waals surface area contributed by atoms with Crippen molar-refractivity contribution in [3.05, 3.63) is 10.5 Å². The number of nitrogens with zero attached hydrogens (tertiary/aromatic N) is 2. The molecule has 0 bridgehead atoms. The zero-order chi connectivity index (χ0) is 12.3. The summed E-state index contributed by atoms with van der Waals surface area (Å²) < 4.78 is 1.81. The summed E-state index contributed by atoms with van der Waals surface area (Å²) in [6.07, 6.45) is 3.32. The first-order chi connectivity index (χ1) is 8.18. The van der Waals surface area contributed by atoms with E-state index in [0.29, 0.717) is 12.1 Å². The smallest absolute Gasteiger partial charge is 0.315 e. The van der Waals surface area contributed by atoms with E-state index in [4.69, 9.17) is 0 Å². The predicted octanol–water partition coefficient (Wildman–Crippen LogP) is 1.39. The fourth-order valence-corrected chi connectivity index (χ4v) is 2.63. The van der Waals surface area contributed by atoms with Gasteiger partial charge in [-0.3, -0.25) is 4.57 Å². The molecular weight excluding hydrogens is 236 g/mol. The first-order valence-electron chi connectivity index (χ1n) is 6.21. The summed E-state index contributed by atoms with van der Waals surface area (Å²) in [5.74, 6) is 0.997. The lowest BCUT2D eigenvalue weighted by Gasteiger charge is -2.07. The molecule has 2 N–H and O–H groups in total. The molecule has 0 aromatic carbocycles. The average Bonchev–Trinajstić information content (AvgIpc) is 3.03. The molecule has 6 heteroatoms. The van der Waals surface area contributed by atoms with E-state index in [9.17, 15) is 4.79 Å². The van der Waals surface area contributed by atoms with Gasteiger partial charge in [-0.25, -0.2) is 9.89 Å². The molecule has 1 fully saturated rings. The number of nitrogens with one attached hydrogen (secondary N) is 2. The van der Waals surface area contributed by atoms with Crippen LogP contribution in [0.3, 0.4) is 0 Å². The van der Waals surface area contributed by atoms with Gasteiger partial charge in [0, 0.05) is 17.8 Å². The number of rotatable bonds is 7. The molecule has 0 saturated heterocycles. The predicted molar refractivity (Wildman–Crippen MR) is 69.6 cm³/mol. The van der Waals surface area contributed by atoms with Crippen LogP contribution >= 0.6 is 11.8 Å². The fraction of sp³-hybridized carbons (Fsp3) is 0.818. The summed E-state index contributed by atoms with van der Waals surface area (Å²) in [4.78, 5) is 11.5. The Morgan fingerprint density at radius 2 is 2.35 bits per heavy atom. The summed E-state index contributed by atoms with van der Waals surface area (Å²) >= 11 is 1.67. The zero-order valence-electron chi connectivity index (χ0n) is 10.4. The van der Waals surface area contributed by atoms with Crippen LogP contribution in [0.2, 0.25) is 0 Å². The first-order valence-corrected chi connectivity index (χ1v) is 7.20. The topological polar surface area (TPSA) is 62.7 Å².